The molecule has 22 heavy (non-hydrogen) atoms. The minimum atomic E-state index is 0.0577. The number of piperazine rings is 1. The Kier molecular flexibility index (Phi) is 5.82. The molecular weight excluding hydrogens is 278 g/mol. The molecule has 1 aliphatic rings. The van der Waals surface area contributed by atoms with Gasteiger partial charge in [-0.25, -0.2) is 0 Å². The molecule has 5 heteroatoms. The van der Waals surface area contributed by atoms with E-state index in [2.05, 4.69) is 22.9 Å². The Hall–Kier alpha value is -2.03. The lowest BCUT2D eigenvalue weighted by molar-refractivity contribution is 0.163. The van der Waals surface area contributed by atoms with E-state index in [1.807, 2.05) is 6.08 Å². The van der Waals surface area contributed by atoms with Crippen LogP contribution in [0.4, 0.5) is 0 Å². The smallest absolute Gasteiger partial charge is 0.162 e. The number of allylic oxidation sites excluding steroid dienone is 1. The Morgan fingerprint density at radius 1 is 1.50 bits per heavy atom. The van der Waals surface area contributed by atoms with Crippen molar-refractivity contribution in [3.63, 3.8) is 0 Å². The van der Waals surface area contributed by atoms with Crippen molar-refractivity contribution in [3.8, 4) is 17.6 Å². The summed E-state index contributed by atoms with van der Waals surface area (Å²) in [4.78, 5) is 2.34. The van der Waals surface area contributed by atoms with Crippen LogP contribution in [-0.2, 0) is 0 Å². The average molecular weight is 301 g/mol. The topological polar surface area (TPSA) is 68.5 Å². The molecule has 1 aromatic rings. The summed E-state index contributed by atoms with van der Waals surface area (Å²) in [5.41, 5.74) is 1.27. The first-order chi connectivity index (χ1) is 10.7. The average Bonchev–Trinajstić information content (AvgIpc) is 2.57. The molecule has 0 amide bonds. The van der Waals surface area contributed by atoms with Gasteiger partial charge in [-0.3, -0.25) is 4.90 Å². The van der Waals surface area contributed by atoms with Crippen LogP contribution in [0.2, 0.25) is 0 Å². The third kappa shape index (κ3) is 3.59. The Balaban J connectivity index is 2.40. The molecule has 5 nitrogen and oxygen atoms in total. The van der Waals surface area contributed by atoms with Gasteiger partial charge in [-0.2, -0.15) is 5.26 Å². The van der Waals surface area contributed by atoms with Gasteiger partial charge in [0.05, 0.1) is 18.7 Å². The fourth-order valence-corrected chi connectivity index (χ4v) is 2.91. The summed E-state index contributed by atoms with van der Waals surface area (Å²) in [6.45, 7) is 7.49. The van der Waals surface area contributed by atoms with Crippen LogP contribution in [-0.4, -0.2) is 43.3 Å². The van der Waals surface area contributed by atoms with Crippen molar-refractivity contribution < 1.29 is 9.84 Å². The maximum Gasteiger partial charge on any atom is 0.162 e. The standard InChI is InChI=1S/C17H23N3O2/c1-3-4-5-15(20-8-6-19-7-9-20)14-10-13(12-18)11-16(22-2)17(14)21/h3,10-11,15,19,21H,1,4-9H2,2H3/t15-/m1/s1. The van der Waals surface area contributed by atoms with Crippen LogP contribution >= 0.6 is 0 Å². The highest BCUT2D eigenvalue weighted by atomic mass is 16.5. The Morgan fingerprint density at radius 2 is 2.23 bits per heavy atom. The van der Waals surface area contributed by atoms with Crippen molar-refractivity contribution >= 4 is 0 Å². The van der Waals surface area contributed by atoms with Gasteiger partial charge in [-0.05, 0) is 18.9 Å². The highest BCUT2D eigenvalue weighted by Gasteiger charge is 2.26. The van der Waals surface area contributed by atoms with Crippen LogP contribution in [0.25, 0.3) is 0 Å². The van der Waals surface area contributed by atoms with E-state index in [-0.39, 0.29) is 11.8 Å². The number of hydrogen-bond acceptors (Lipinski definition) is 5. The molecule has 0 spiro atoms. The van der Waals surface area contributed by atoms with E-state index in [1.54, 1.807) is 12.1 Å². The van der Waals surface area contributed by atoms with Gasteiger partial charge >= 0.3 is 0 Å². The summed E-state index contributed by atoms with van der Waals surface area (Å²) < 4.78 is 5.22. The molecule has 1 aliphatic heterocycles. The van der Waals surface area contributed by atoms with E-state index < -0.39 is 0 Å². The molecule has 0 bridgehead atoms. The monoisotopic (exact) mass is 301 g/mol. The minimum absolute atomic E-state index is 0.0577. The Bertz CT molecular complexity index is 560. The predicted octanol–water partition coefficient (Wildman–Crippen LogP) is 2.18. The van der Waals surface area contributed by atoms with Crippen LogP contribution < -0.4 is 10.1 Å². The second-order valence-electron chi connectivity index (χ2n) is 5.40. The normalized spacial score (nSPS) is 16.7. The summed E-state index contributed by atoms with van der Waals surface area (Å²) >= 11 is 0. The molecule has 2 N–H and O–H groups in total. The number of phenolic OH excluding ortho intramolecular Hbond substituents is 1. The van der Waals surface area contributed by atoms with Crippen LogP contribution in [0, 0.1) is 11.3 Å². The summed E-state index contributed by atoms with van der Waals surface area (Å²) in [7, 11) is 1.50. The van der Waals surface area contributed by atoms with Gasteiger partial charge in [-0.15, -0.1) is 6.58 Å². The SMILES string of the molecule is C=CCC[C@H](c1cc(C#N)cc(OC)c1O)N1CCNCC1. The number of rotatable bonds is 6. The molecule has 0 radical (unpaired) electrons. The molecule has 2 rings (SSSR count). The van der Waals surface area contributed by atoms with Crippen molar-refractivity contribution in [1.29, 1.82) is 5.26 Å². The number of aromatic hydroxyl groups is 1. The van der Waals surface area contributed by atoms with Gasteiger partial charge in [0, 0.05) is 43.9 Å². The molecular formula is C17H23N3O2. The molecule has 0 unspecified atom stereocenters. The predicted molar refractivity (Wildman–Crippen MR) is 86.0 cm³/mol. The fraction of sp³-hybridized carbons (Fsp3) is 0.471. The number of methoxy groups -OCH3 is 1. The first kappa shape index (κ1) is 16.3. The number of nitriles is 1. The third-order valence-corrected chi connectivity index (χ3v) is 4.05. The van der Waals surface area contributed by atoms with Gasteiger partial charge in [0.25, 0.3) is 0 Å². The van der Waals surface area contributed by atoms with Gasteiger partial charge < -0.3 is 15.2 Å². The van der Waals surface area contributed by atoms with E-state index >= 15 is 0 Å². The first-order valence-electron chi connectivity index (χ1n) is 7.58. The second-order valence-corrected chi connectivity index (χ2v) is 5.40. The largest absolute Gasteiger partial charge is 0.504 e. The molecule has 0 aromatic heterocycles. The number of benzene rings is 1. The van der Waals surface area contributed by atoms with Gasteiger partial charge in [0.1, 0.15) is 0 Å². The number of nitrogens with zero attached hydrogens (tertiary/aromatic N) is 2. The number of phenols is 1. The minimum Gasteiger partial charge on any atom is -0.504 e. The van der Waals surface area contributed by atoms with E-state index in [9.17, 15) is 10.4 Å². The van der Waals surface area contributed by atoms with Gasteiger partial charge in [-0.1, -0.05) is 6.08 Å². The quantitative estimate of drug-likeness (QED) is 0.788. The number of nitrogens with one attached hydrogen (secondary N) is 1. The van der Waals surface area contributed by atoms with Gasteiger partial charge in [0.15, 0.2) is 11.5 Å². The van der Waals surface area contributed by atoms with E-state index in [4.69, 9.17) is 4.74 Å². The molecule has 1 fully saturated rings. The highest BCUT2D eigenvalue weighted by molar-refractivity contribution is 5.53. The molecule has 1 saturated heterocycles. The maximum absolute atomic E-state index is 10.5. The number of ether oxygens (including phenoxy) is 1. The summed E-state index contributed by atoms with van der Waals surface area (Å²) in [5.74, 6) is 0.488. The van der Waals surface area contributed by atoms with Crippen molar-refractivity contribution in [1.82, 2.24) is 10.2 Å². The van der Waals surface area contributed by atoms with E-state index in [0.717, 1.165) is 44.6 Å². The molecule has 1 heterocycles. The Labute approximate surface area is 131 Å². The third-order valence-electron chi connectivity index (χ3n) is 4.05. The van der Waals surface area contributed by atoms with E-state index in [0.29, 0.717) is 11.3 Å². The lowest BCUT2D eigenvalue weighted by Gasteiger charge is -2.35. The first-order valence-corrected chi connectivity index (χ1v) is 7.58. The second kappa shape index (κ2) is 7.83. The number of hydrogen-bond donors (Lipinski definition) is 2. The lowest BCUT2D eigenvalue weighted by atomic mass is 9.96. The van der Waals surface area contributed by atoms with E-state index in [1.165, 1.54) is 7.11 Å². The van der Waals surface area contributed by atoms with Crippen molar-refractivity contribution in [2.24, 2.45) is 0 Å². The fourth-order valence-electron chi connectivity index (χ4n) is 2.91. The molecule has 0 saturated carbocycles. The van der Waals surface area contributed by atoms with Crippen LogP contribution in [0.3, 0.4) is 0 Å². The zero-order valence-electron chi connectivity index (χ0n) is 13.0. The highest BCUT2D eigenvalue weighted by Crippen LogP contribution is 2.39. The van der Waals surface area contributed by atoms with Crippen LogP contribution in [0.15, 0.2) is 24.8 Å². The van der Waals surface area contributed by atoms with Crippen LogP contribution in [0.5, 0.6) is 11.5 Å². The maximum atomic E-state index is 10.5. The molecule has 1 atom stereocenters. The molecule has 118 valence electrons. The molecule has 1 aromatic carbocycles. The van der Waals surface area contributed by atoms with Crippen molar-refractivity contribution in [3.05, 3.63) is 35.9 Å². The van der Waals surface area contributed by atoms with Crippen molar-refractivity contribution in [2.45, 2.75) is 18.9 Å². The van der Waals surface area contributed by atoms with Gasteiger partial charge in [0.2, 0.25) is 0 Å². The zero-order valence-corrected chi connectivity index (χ0v) is 13.0. The molecule has 0 aliphatic carbocycles. The Morgan fingerprint density at radius 3 is 2.82 bits per heavy atom. The zero-order chi connectivity index (χ0) is 15.9. The summed E-state index contributed by atoms with van der Waals surface area (Å²) in [5, 5.41) is 23.1. The summed E-state index contributed by atoms with van der Waals surface area (Å²) in [6.07, 6.45) is 3.60. The summed E-state index contributed by atoms with van der Waals surface area (Å²) in [6, 6.07) is 5.54. The lowest BCUT2D eigenvalue weighted by Crippen LogP contribution is -2.45. The van der Waals surface area contributed by atoms with Crippen molar-refractivity contribution in [2.75, 3.05) is 33.3 Å². The van der Waals surface area contributed by atoms with Crippen LogP contribution in [0.1, 0.15) is 30.0 Å².